The second-order valence-electron chi connectivity index (χ2n) is 11.2. The van der Waals surface area contributed by atoms with Gasteiger partial charge in [0, 0.05) is 44.8 Å². The molecule has 11 heteroatoms. The molecule has 0 bridgehead atoms. The number of carbonyl (C=O) groups excluding carboxylic acids is 2. The average Bonchev–Trinajstić information content (AvgIpc) is 2.96. The largest absolute Gasteiger partial charge is 0.511 e. The molecule has 0 aromatic carbocycles. The molecule has 228 valence electrons. The third kappa shape index (κ3) is 6.06. The van der Waals surface area contributed by atoms with Gasteiger partial charge < -0.3 is 14.9 Å². The summed E-state index contributed by atoms with van der Waals surface area (Å²) >= 11 is 6.81. The molecule has 2 aliphatic rings. The van der Waals surface area contributed by atoms with Gasteiger partial charge in [-0.25, -0.2) is 9.37 Å². The number of piperazine rings is 1. The maximum absolute atomic E-state index is 15.2. The normalized spacial score (nSPS) is 19.5. The van der Waals surface area contributed by atoms with Gasteiger partial charge in [-0.15, -0.1) is 0 Å². The summed E-state index contributed by atoms with van der Waals surface area (Å²) in [4.78, 5) is 44.7. The molecule has 1 N–H and O–H groups in total. The lowest BCUT2D eigenvalue weighted by Gasteiger charge is -2.46. The van der Waals surface area contributed by atoms with Crippen molar-refractivity contribution in [2.24, 2.45) is 4.99 Å². The molecule has 1 saturated heterocycles. The predicted molar refractivity (Wildman–Crippen MR) is 168 cm³/mol. The van der Waals surface area contributed by atoms with Crippen molar-refractivity contribution in [3.63, 3.8) is 0 Å². The van der Waals surface area contributed by atoms with E-state index in [9.17, 15) is 14.7 Å². The molecular formula is C32H38ClFN6O3. The fraction of sp³-hybridized carbons (Fsp3) is 0.406. The number of hydrogen-bond acceptors (Lipinski definition) is 6. The minimum atomic E-state index is -0.635. The summed E-state index contributed by atoms with van der Waals surface area (Å²) in [6.45, 7) is 14.3. The van der Waals surface area contributed by atoms with Gasteiger partial charge in [0.1, 0.15) is 17.4 Å². The molecule has 2 unspecified atom stereocenters. The van der Waals surface area contributed by atoms with Crippen molar-refractivity contribution in [2.75, 3.05) is 25.0 Å². The van der Waals surface area contributed by atoms with Gasteiger partial charge >= 0.3 is 0 Å². The number of aromatic nitrogens is 2. The number of allylic oxidation sites excluding steroid dienone is 4. The van der Waals surface area contributed by atoms with Gasteiger partial charge in [0.25, 0.3) is 0 Å². The number of aryl methyl sites for hydroxylation is 1. The van der Waals surface area contributed by atoms with Crippen molar-refractivity contribution in [1.29, 1.82) is 0 Å². The summed E-state index contributed by atoms with van der Waals surface area (Å²) in [5.41, 5.74) is 2.36. The first kappa shape index (κ1) is 31.9. The van der Waals surface area contributed by atoms with E-state index in [1.807, 2.05) is 34.6 Å². The minimum absolute atomic E-state index is 0.0174. The fourth-order valence-corrected chi connectivity index (χ4v) is 6.14. The Morgan fingerprint density at radius 1 is 1.30 bits per heavy atom. The lowest BCUT2D eigenvalue weighted by molar-refractivity contribution is -0.129. The van der Waals surface area contributed by atoms with Crippen LogP contribution in [0.25, 0.3) is 5.57 Å². The molecule has 4 rings (SSSR count). The zero-order valence-corrected chi connectivity index (χ0v) is 26.2. The van der Waals surface area contributed by atoms with Crippen LogP contribution in [0, 0.1) is 6.92 Å². The topological polar surface area (TPSA) is 102 Å². The van der Waals surface area contributed by atoms with Crippen LogP contribution in [0.3, 0.4) is 0 Å². The van der Waals surface area contributed by atoms with Crippen molar-refractivity contribution in [1.82, 2.24) is 19.8 Å². The van der Waals surface area contributed by atoms with Crippen LogP contribution in [-0.4, -0.2) is 75.2 Å². The Bertz CT molecular complexity index is 1520. The molecule has 1 aliphatic heterocycles. The molecule has 43 heavy (non-hydrogen) atoms. The van der Waals surface area contributed by atoms with Crippen molar-refractivity contribution < 1.29 is 19.1 Å². The van der Waals surface area contributed by atoms with Crippen molar-refractivity contribution in [3.05, 3.63) is 76.2 Å². The van der Waals surface area contributed by atoms with E-state index in [0.29, 0.717) is 48.7 Å². The Hall–Kier alpha value is -4.05. The first-order valence-corrected chi connectivity index (χ1v) is 14.7. The summed E-state index contributed by atoms with van der Waals surface area (Å²) in [5.74, 6) is -0.327. The van der Waals surface area contributed by atoms with Crippen molar-refractivity contribution >= 4 is 46.8 Å². The van der Waals surface area contributed by atoms with E-state index in [-0.39, 0.29) is 58.2 Å². The van der Waals surface area contributed by atoms with E-state index in [1.54, 1.807) is 30.3 Å². The summed E-state index contributed by atoms with van der Waals surface area (Å²) < 4.78 is 15.2. The van der Waals surface area contributed by atoms with Gasteiger partial charge in [-0.3, -0.25) is 24.5 Å². The number of rotatable bonds is 7. The maximum atomic E-state index is 15.2. The SMILES string of the molecule is C=CC(=O)N1CC(C)N(C(=NC)c2cc(Cl)c(C3=C(O)CCC=C3F)nc2N(C=O)c2c(C)ccnc2C(C)C)C(C)C1. The second kappa shape index (κ2) is 13.1. The Kier molecular flexibility index (Phi) is 9.69. The molecular weight excluding hydrogens is 571 g/mol. The molecule has 0 radical (unpaired) electrons. The van der Waals surface area contributed by atoms with E-state index in [0.717, 1.165) is 5.56 Å². The smallest absolute Gasteiger partial charge is 0.246 e. The number of nitrogens with zero attached hydrogens (tertiary/aromatic N) is 6. The van der Waals surface area contributed by atoms with E-state index in [1.165, 1.54) is 17.1 Å². The average molecular weight is 609 g/mol. The van der Waals surface area contributed by atoms with E-state index >= 15 is 4.39 Å². The van der Waals surface area contributed by atoms with Crippen LogP contribution < -0.4 is 4.90 Å². The Morgan fingerprint density at radius 2 is 1.98 bits per heavy atom. The molecule has 1 fully saturated rings. The molecule has 2 amide bonds. The monoisotopic (exact) mass is 608 g/mol. The first-order valence-electron chi connectivity index (χ1n) is 14.3. The molecule has 2 aromatic heterocycles. The van der Waals surface area contributed by atoms with Gasteiger partial charge in [0.15, 0.2) is 5.82 Å². The zero-order chi connectivity index (χ0) is 31.6. The number of amidine groups is 1. The third-order valence-electron chi connectivity index (χ3n) is 7.80. The van der Waals surface area contributed by atoms with Crippen LogP contribution in [0.15, 0.2) is 53.6 Å². The lowest BCUT2D eigenvalue weighted by atomic mass is 9.98. The number of anilines is 2. The summed E-state index contributed by atoms with van der Waals surface area (Å²) in [5, 5.41) is 10.8. The predicted octanol–water partition coefficient (Wildman–Crippen LogP) is 6.26. The molecule has 9 nitrogen and oxygen atoms in total. The highest BCUT2D eigenvalue weighted by molar-refractivity contribution is 6.33. The molecule has 2 aromatic rings. The Balaban J connectivity index is 1.99. The number of aliphatic imine (C=N–C) groups is 1. The van der Waals surface area contributed by atoms with Crippen LogP contribution in [-0.2, 0) is 9.59 Å². The van der Waals surface area contributed by atoms with Crippen LogP contribution in [0.5, 0.6) is 0 Å². The maximum Gasteiger partial charge on any atom is 0.246 e. The van der Waals surface area contributed by atoms with Gasteiger partial charge in [-0.2, -0.15) is 0 Å². The van der Waals surface area contributed by atoms with E-state index in [2.05, 4.69) is 21.5 Å². The first-order chi connectivity index (χ1) is 20.4. The third-order valence-corrected chi connectivity index (χ3v) is 8.09. The van der Waals surface area contributed by atoms with Crippen LogP contribution in [0.1, 0.15) is 69.0 Å². The molecule has 2 atom stereocenters. The molecule has 3 heterocycles. The highest BCUT2D eigenvalue weighted by Crippen LogP contribution is 2.41. The Labute approximate surface area is 257 Å². The zero-order valence-electron chi connectivity index (χ0n) is 25.4. The number of hydrogen-bond donors (Lipinski definition) is 1. The number of pyridine rings is 2. The van der Waals surface area contributed by atoms with E-state index < -0.39 is 5.83 Å². The van der Waals surface area contributed by atoms with Crippen LogP contribution >= 0.6 is 11.6 Å². The second-order valence-corrected chi connectivity index (χ2v) is 11.6. The van der Waals surface area contributed by atoms with Crippen molar-refractivity contribution in [3.8, 4) is 0 Å². The van der Waals surface area contributed by atoms with Crippen molar-refractivity contribution in [2.45, 2.75) is 65.5 Å². The number of aliphatic hydroxyl groups excluding tert-OH is 1. The minimum Gasteiger partial charge on any atom is -0.511 e. The summed E-state index contributed by atoms with van der Waals surface area (Å²) in [6.07, 6.45) is 5.61. The summed E-state index contributed by atoms with van der Waals surface area (Å²) in [7, 11) is 1.64. The number of aliphatic hydroxyl groups is 1. The number of carbonyl (C=O) groups is 2. The highest BCUT2D eigenvalue weighted by Gasteiger charge is 2.36. The van der Waals surface area contributed by atoms with E-state index in [4.69, 9.17) is 16.6 Å². The number of amides is 2. The fourth-order valence-electron chi connectivity index (χ4n) is 5.89. The molecule has 0 saturated carbocycles. The quantitative estimate of drug-likeness (QED) is 0.172. The highest BCUT2D eigenvalue weighted by atomic mass is 35.5. The molecule has 1 aliphatic carbocycles. The van der Waals surface area contributed by atoms with Gasteiger partial charge in [-0.05, 0) is 63.0 Å². The van der Waals surface area contributed by atoms with Crippen LogP contribution in [0.2, 0.25) is 5.02 Å². The van der Waals surface area contributed by atoms with Gasteiger partial charge in [0.2, 0.25) is 12.3 Å². The molecule has 0 spiro atoms. The standard InChI is InChI=1S/C32H38ClFN6O3/c1-8-26(43)38-15-20(5)40(21(6)16-38)31(35-7)22-14-23(33)29(27-24(34)10-9-11-25(27)42)37-32(22)39(17-41)30-19(4)12-13-36-28(30)18(2)3/h8,10,12-14,17-18,20-21,42H,1,9,11,15-16H2,2-7H3. The van der Waals surface area contributed by atoms with Crippen LogP contribution in [0.4, 0.5) is 15.9 Å². The number of halogens is 2. The Morgan fingerprint density at radius 3 is 2.53 bits per heavy atom. The lowest BCUT2D eigenvalue weighted by Crippen LogP contribution is -2.59. The summed E-state index contributed by atoms with van der Waals surface area (Å²) in [6, 6.07) is 3.08. The van der Waals surface area contributed by atoms with Gasteiger partial charge in [0.05, 0.1) is 33.2 Å². The van der Waals surface area contributed by atoms with Gasteiger partial charge in [-0.1, -0.05) is 32.0 Å².